The van der Waals surface area contributed by atoms with Crippen LogP contribution in [0.3, 0.4) is 0 Å². The van der Waals surface area contributed by atoms with Gasteiger partial charge in [-0.15, -0.1) is 24.0 Å². The maximum Gasteiger partial charge on any atom is 0.244 e. The molecule has 2 aliphatic heterocycles. The first kappa shape index (κ1) is 21.0. The summed E-state index contributed by atoms with van der Waals surface area (Å²) >= 11 is 0. The van der Waals surface area contributed by atoms with E-state index in [0.29, 0.717) is 6.54 Å². The molecule has 0 aromatic heterocycles. The van der Waals surface area contributed by atoms with Crippen molar-refractivity contribution in [1.82, 2.24) is 15.1 Å². The number of piperidine rings is 1. The molecule has 0 aliphatic carbocycles. The van der Waals surface area contributed by atoms with Gasteiger partial charge in [0.05, 0.1) is 0 Å². The van der Waals surface area contributed by atoms with Gasteiger partial charge in [-0.05, 0) is 43.2 Å². The Morgan fingerprint density at radius 3 is 2.54 bits per heavy atom. The smallest absolute Gasteiger partial charge is 0.244 e. The Bertz CT molecular complexity index is 626. The van der Waals surface area contributed by atoms with Crippen LogP contribution in [0.25, 0.3) is 0 Å². The summed E-state index contributed by atoms with van der Waals surface area (Å²) in [6.45, 7) is 9.00. The average Bonchev–Trinajstić information content (AvgIpc) is 2.65. The van der Waals surface area contributed by atoms with Crippen molar-refractivity contribution in [1.29, 1.82) is 0 Å². The van der Waals surface area contributed by atoms with E-state index in [2.05, 4.69) is 47.3 Å². The van der Waals surface area contributed by atoms with E-state index in [1.54, 1.807) is 0 Å². The number of halogens is 1. The van der Waals surface area contributed by atoms with Gasteiger partial charge in [0.15, 0.2) is 5.96 Å². The molecule has 0 saturated carbocycles. The lowest BCUT2D eigenvalue weighted by Gasteiger charge is -2.33. The lowest BCUT2D eigenvalue weighted by atomic mass is 9.99. The fourth-order valence-corrected chi connectivity index (χ4v) is 3.60. The van der Waals surface area contributed by atoms with Crippen molar-refractivity contribution in [2.24, 2.45) is 10.9 Å². The van der Waals surface area contributed by atoms with Crippen LogP contribution in [0.2, 0.25) is 0 Å². The molecule has 1 N–H and O–H groups in total. The molecular formula is C20H31IN4O. The van der Waals surface area contributed by atoms with Gasteiger partial charge in [0.1, 0.15) is 6.54 Å². The van der Waals surface area contributed by atoms with E-state index in [1.165, 1.54) is 24.0 Å². The number of carbonyl (C=O) groups is 1. The average molecular weight is 470 g/mol. The van der Waals surface area contributed by atoms with Crippen LogP contribution in [-0.4, -0.2) is 54.4 Å². The van der Waals surface area contributed by atoms with Crippen LogP contribution >= 0.6 is 24.0 Å². The van der Waals surface area contributed by atoms with E-state index < -0.39 is 0 Å². The number of hydrogen-bond acceptors (Lipinski definition) is 2. The number of nitrogens with zero attached hydrogens (tertiary/aromatic N) is 3. The molecule has 6 heteroatoms. The van der Waals surface area contributed by atoms with Gasteiger partial charge in [-0.25, -0.2) is 4.99 Å². The summed E-state index contributed by atoms with van der Waals surface area (Å²) in [5.74, 6) is 1.80. The van der Waals surface area contributed by atoms with Gasteiger partial charge >= 0.3 is 0 Å². The number of benzene rings is 1. The van der Waals surface area contributed by atoms with Crippen molar-refractivity contribution in [2.75, 3.05) is 32.7 Å². The van der Waals surface area contributed by atoms with Crippen LogP contribution in [0.5, 0.6) is 0 Å². The fraction of sp³-hybridized carbons (Fsp3) is 0.600. The van der Waals surface area contributed by atoms with Crippen molar-refractivity contribution in [3.63, 3.8) is 0 Å². The summed E-state index contributed by atoms with van der Waals surface area (Å²) in [5, 5.41) is 3.35. The molecule has 26 heavy (non-hydrogen) atoms. The Hall–Kier alpha value is -1.31. The summed E-state index contributed by atoms with van der Waals surface area (Å²) in [6.07, 6.45) is 3.33. The molecule has 1 amide bonds. The zero-order chi connectivity index (χ0) is 17.6. The zero-order valence-corrected chi connectivity index (χ0v) is 18.2. The van der Waals surface area contributed by atoms with Gasteiger partial charge in [0.25, 0.3) is 0 Å². The molecule has 1 fully saturated rings. The molecule has 1 aromatic carbocycles. The Balaban J connectivity index is 0.00000243. The minimum atomic E-state index is 0. The van der Waals surface area contributed by atoms with Gasteiger partial charge in [-0.2, -0.15) is 0 Å². The van der Waals surface area contributed by atoms with Crippen LogP contribution in [0.15, 0.2) is 29.3 Å². The topological polar surface area (TPSA) is 47.9 Å². The second kappa shape index (κ2) is 10.1. The van der Waals surface area contributed by atoms with Crippen LogP contribution in [0.1, 0.15) is 37.8 Å². The van der Waals surface area contributed by atoms with Gasteiger partial charge in [-0.3, -0.25) is 4.79 Å². The molecule has 2 heterocycles. The van der Waals surface area contributed by atoms with Crippen molar-refractivity contribution >= 4 is 35.8 Å². The molecule has 0 atom stereocenters. The Kier molecular flexibility index (Phi) is 8.18. The number of aliphatic imine (C=N–C) groups is 1. The quantitative estimate of drug-likeness (QED) is 0.420. The summed E-state index contributed by atoms with van der Waals surface area (Å²) in [4.78, 5) is 21.5. The number of nitrogens with one attached hydrogen (secondary N) is 1. The second-order valence-electron chi connectivity index (χ2n) is 7.17. The molecule has 0 spiro atoms. The molecule has 144 valence electrons. The molecule has 0 radical (unpaired) electrons. The van der Waals surface area contributed by atoms with Gasteiger partial charge in [-0.1, -0.05) is 31.2 Å². The summed E-state index contributed by atoms with van der Waals surface area (Å²) in [6, 6.07) is 8.40. The number of rotatable bonds is 3. The predicted molar refractivity (Wildman–Crippen MR) is 117 cm³/mol. The largest absolute Gasteiger partial charge is 0.357 e. The molecule has 2 aliphatic rings. The number of fused-ring (bicyclic) bond motifs is 1. The summed E-state index contributed by atoms with van der Waals surface area (Å²) in [5.41, 5.74) is 2.63. The summed E-state index contributed by atoms with van der Waals surface area (Å²) in [7, 11) is 0. The highest BCUT2D eigenvalue weighted by Crippen LogP contribution is 2.19. The number of carbonyl (C=O) groups excluding carboxylic acids is 1. The Labute approximate surface area is 174 Å². The lowest BCUT2D eigenvalue weighted by molar-refractivity contribution is -0.130. The van der Waals surface area contributed by atoms with E-state index in [-0.39, 0.29) is 36.4 Å². The van der Waals surface area contributed by atoms with Crippen molar-refractivity contribution < 1.29 is 4.79 Å². The molecule has 0 bridgehead atoms. The molecule has 5 nitrogen and oxygen atoms in total. The molecule has 1 aromatic rings. The third kappa shape index (κ3) is 5.34. The minimum absolute atomic E-state index is 0. The normalized spacial score (nSPS) is 18.2. The van der Waals surface area contributed by atoms with Crippen LogP contribution in [0, 0.1) is 5.92 Å². The Morgan fingerprint density at radius 1 is 1.15 bits per heavy atom. The first-order chi connectivity index (χ1) is 12.2. The first-order valence-corrected chi connectivity index (χ1v) is 9.55. The monoisotopic (exact) mass is 470 g/mol. The van der Waals surface area contributed by atoms with E-state index in [4.69, 9.17) is 0 Å². The van der Waals surface area contributed by atoms with Gasteiger partial charge in [0.2, 0.25) is 5.91 Å². The van der Waals surface area contributed by atoms with Crippen LogP contribution < -0.4 is 5.32 Å². The van der Waals surface area contributed by atoms with Crippen molar-refractivity contribution in [3.05, 3.63) is 35.4 Å². The van der Waals surface area contributed by atoms with E-state index in [9.17, 15) is 4.79 Å². The van der Waals surface area contributed by atoms with E-state index in [0.717, 1.165) is 44.5 Å². The summed E-state index contributed by atoms with van der Waals surface area (Å²) < 4.78 is 0. The zero-order valence-electron chi connectivity index (χ0n) is 15.9. The lowest BCUT2D eigenvalue weighted by Crippen LogP contribution is -2.46. The standard InChI is InChI=1S/C20H30N4O.HI/c1-3-21-20(23-11-8-16(2)9-12-23)22-14-19(25)24-13-10-17-6-4-5-7-18(17)15-24;/h4-7,16H,3,8-15H2,1-2H3,(H,21,22);1H. The SMILES string of the molecule is CCNC(=NCC(=O)N1CCc2ccccc2C1)N1CCC(C)CC1.I. The van der Waals surface area contributed by atoms with Gasteiger partial charge in [0, 0.05) is 32.7 Å². The third-order valence-electron chi connectivity index (χ3n) is 5.27. The predicted octanol–water partition coefficient (Wildman–Crippen LogP) is 2.89. The molecule has 0 unspecified atom stereocenters. The van der Waals surface area contributed by atoms with E-state index in [1.807, 2.05) is 11.0 Å². The maximum absolute atomic E-state index is 12.6. The molecular weight excluding hydrogens is 439 g/mol. The fourth-order valence-electron chi connectivity index (χ4n) is 3.60. The third-order valence-corrected chi connectivity index (χ3v) is 5.27. The highest BCUT2D eigenvalue weighted by Gasteiger charge is 2.22. The van der Waals surface area contributed by atoms with Crippen LogP contribution in [-0.2, 0) is 17.8 Å². The maximum atomic E-state index is 12.6. The Morgan fingerprint density at radius 2 is 1.85 bits per heavy atom. The number of amides is 1. The molecule has 1 saturated heterocycles. The van der Waals surface area contributed by atoms with E-state index >= 15 is 0 Å². The van der Waals surface area contributed by atoms with Gasteiger partial charge < -0.3 is 15.1 Å². The van der Waals surface area contributed by atoms with Crippen molar-refractivity contribution in [3.8, 4) is 0 Å². The van der Waals surface area contributed by atoms with Crippen LogP contribution in [0.4, 0.5) is 0 Å². The van der Waals surface area contributed by atoms with Crippen molar-refractivity contribution in [2.45, 2.75) is 39.7 Å². The molecule has 3 rings (SSSR count). The minimum Gasteiger partial charge on any atom is -0.357 e. The first-order valence-electron chi connectivity index (χ1n) is 9.55. The number of hydrogen-bond donors (Lipinski definition) is 1. The number of guanidine groups is 1. The highest BCUT2D eigenvalue weighted by atomic mass is 127. The highest BCUT2D eigenvalue weighted by molar-refractivity contribution is 14.0. The number of likely N-dealkylation sites (tertiary alicyclic amines) is 1. The second-order valence-corrected chi connectivity index (χ2v) is 7.17.